The molecule has 4 aromatic carbocycles. The number of carbonyl (C=O) groups is 3. The fraction of sp³-hybridized carbons (Fsp3) is 0.286. The molecule has 13 nitrogen and oxygen atoms in total. The van der Waals surface area contributed by atoms with E-state index >= 15 is 0 Å². The van der Waals surface area contributed by atoms with Crippen molar-refractivity contribution in [3.05, 3.63) is 146 Å². The number of amides is 2. The lowest BCUT2D eigenvalue weighted by atomic mass is 9.86. The van der Waals surface area contributed by atoms with Gasteiger partial charge in [-0.1, -0.05) is 68.4 Å². The van der Waals surface area contributed by atoms with E-state index < -0.39 is 29.8 Å². The van der Waals surface area contributed by atoms with Crippen molar-refractivity contribution in [1.82, 2.24) is 14.5 Å². The lowest BCUT2D eigenvalue weighted by molar-refractivity contribution is -0.172. The Hall–Kier alpha value is -6.83. The van der Waals surface area contributed by atoms with E-state index in [4.69, 9.17) is 24.9 Å². The Morgan fingerprint density at radius 2 is 1.69 bits per heavy atom. The summed E-state index contributed by atoms with van der Waals surface area (Å²) in [5.41, 5.74) is 14.0. The summed E-state index contributed by atoms with van der Waals surface area (Å²) in [4.78, 5) is 59.8. The molecule has 0 unspecified atom stereocenters. The van der Waals surface area contributed by atoms with Crippen LogP contribution in [0.25, 0.3) is 33.4 Å². The third kappa shape index (κ3) is 6.77. The summed E-state index contributed by atoms with van der Waals surface area (Å²) in [6.45, 7) is 8.01. The van der Waals surface area contributed by atoms with Crippen LogP contribution in [0.4, 0.5) is 10.5 Å². The standard InChI is InChI=1S/C49H47N5O8/c1-5-32-37-21-31(18-19-41(37)52-43-38(32)24-54-42(43)22-40-39(46(54)56)26-61-47(57)49(40,59)6-2)60-25-28-16-17-30(51-45(55)27(4)50)20-29(28)23-53(7-3)48(58)62-44-35-14-10-8-12-33(35)34-13-9-11-15-36(34)44/h8-22,27,44,59H,5-7,23-26,50H2,1-4H3,(H,51,55)/t27-,49-/m0/s1. The van der Waals surface area contributed by atoms with E-state index in [1.165, 1.54) is 0 Å². The molecule has 3 aliphatic rings. The molecule has 2 aliphatic heterocycles. The normalized spacial score (nSPS) is 16.4. The fourth-order valence-electron chi connectivity index (χ4n) is 8.97. The minimum Gasteiger partial charge on any atom is -0.489 e. The van der Waals surface area contributed by atoms with Crippen LogP contribution in [0.5, 0.6) is 5.75 Å². The Kier molecular flexibility index (Phi) is 10.4. The number of anilines is 1. The Morgan fingerprint density at radius 1 is 0.968 bits per heavy atom. The number of fused-ring (bicyclic) bond motifs is 8. The molecule has 0 fully saturated rings. The van der Waals surface area contributed by atoms with Crippen molar-refractivity contribution >= 4 is 34.6 Å². The van der Waals surface area contributed by atoms with Crippen LogP contribution >= 0.6 is 0 Å². The van der Waals surface area contributed by atoms with Crippen LogP contribution in [0.3, 0.4) is 0 Å². The maximum Gasteiger partial charge on any atom is 0.411 e. The molecular weight excluding hydrogens is 787 g/mol. The first-order valence-electron chi connectivity index (χ1n) is 21.0. The van der Waals surface area contributed by atoms with E-state index in [-0.39, 0.29) is 55.3 Å². The summed E-state index contributed by atoms with van der Waals surface area (Å²) in [6.07, 6.45) is -0.322. The minimum atomic E-state index is -1.91. The number of aryl methyl sites for hydroxylation is 1. The van der Waals surface area contributed by atoms with Crippen LogP contribution in [0, 0.1) is 0 Å². The van der Waals surface area contributed by atoms with Crippen LogP contribution in [0.15, 0.2) is 95.8 Å². The van der Waals surface area contributed by atoms with Crippen LogP contribution < -0.4 is 21.3 Å². The predicted molar refractivity (Wildman–Crippen MR) is 233 cm³/mol. The van der Waals surface area contributed by atoms with Crippen molar-refractivity contribution < 1.29 is 33.7 Å². The van der Waals surface area contributed by atoms with Crippen molar-refractivity contribution in [2.24, 2.45) is 5.73 Å². The molecule has 6 aromatic rings. The number of hydrogen-bond acceptors (Lipinski definition) is 10. The molecule has 0 bridgehead atoms. The van der Waals surface area contributed by atoms with Crippen LogP contribution in [-0.2, 0) is 57.4 Å². The van der Waals surface area contributed by atoms with E-state index in [2.05, 4.69) is 12.2 Å². The number of aliphatic hydroxyl groups is 1. The summed E-state index contributed by atoms with van der Waals surface area (Å²) < 4.78 is 19.6. The van der Waals surface area contributed by atoms with E-state index in [0.717, 1.165) is 49.9 Å². The largest absolute Gasteiger partial charge is 0.489 e. The minimum absolute atomic E-state index is 0.0627. The van der Waals surface area contributed by atoms with E-state index in [1.807, 2.05) is 85.8 Å². The number of hydrogen-bond donors (Lipinski definition) is 3. The first-order chi connectivity index (χ1) is 29.9. The van der Waals surface area contributed by atoms with E-state index in [0.29, 0.717) is 41.3 Å². The third-order valence-corrected chi connectivity index (χ3v) is 12.4. The maximum atomic E-state index is 14.0. The first-order valence-corrected chi connectivity index (χ1v) is 21.0. The van der Waals surface area contributed by atoms with Gasteiger partial charge in [0.05, 0.1) is 35.1 Å². The molecule has 2 aromatic heterocycles. The highest BCUT2D eigenvalue weighted by Crippen LogP contribution is 2.46. The smallest absolute Gasteiger partial charge is 0.411 e. The number of esters is 1. The number of carbonyl (C=O) groups excluding carboxylic acids is 3. The lowest BCUT2D eigenvalue weighted by Gasteiger charge is -2.31. The number of rotatable bonds is 11. The van der Waals surface area contributed by atoms with Gasteiger partial charge in [0.1, 0.15) is 19.0 Å². The molecule has 62 heavy (non-hydrogen) atoms. The summed E-state index contributed by atoms with van der Waals surface area (Å²) in [5.74, 6) is -0.513. The Bertz CT molecular complexity index is 2840. The molecule has 9 rings (SSSR count). The molecule has 4 heterocycles. The quantitative estimate of drug-likeness (QED) is 0.113. The number of cyclic esters (lactones) is 1. The van der Waals surface area contributed by atoms with Gasteiger partial charge in [-0.25, -0.2) is 14.6 Å². The van der Waals surface area contributed by atoms with Crippen molar-refractivity contribution in [1.29, 1.82) is 0 Å². The summed E-state index contributed by atoms with van der Waals surface area (Å²) >= 11 is 0. The number of nitrogens with one attached hydrogen (secondary N) is 1. The summed E-state index contributed by atoms with van der Waals surface area (Å²) in [5, 5.41) is 15.1. The average molecular weight is 834 g/mol. The molecule has 13 heteroatoms. The summed E-state index contributed by atoms with van der Waals surface area (Å²) in [7, 11) is 0. The van der Waals surface area contributed by atoms with Crippen LogP contribution in [-0.4, -0.2) is 50.1 Å². The number of pyridine rings is 2. The molecule has 0 spiro atoms. The van der Waals surface area contributed by atoms with Gasteiger partial charge in [0.2, 0.25) is 5.91 Å². The molecule has 4 N–H and O–H groups in total. The molecule has 0 radical (unpaired) electrons. The SMILES string of the molecule is CCc1c2c(nc3ccc(OCc4ccc(NC(=O)[C@H](C)N)cc4CN(CC)C(=O)OC4c5ccccc5-c5ccccc54)cc13)-c1cc3c(c(=O)n1C2)COC(=O)[C@]3(O)CC. The molecule has 2 amide bonds. The van der Waals surface area contributed by atoms with Gasteiger partial charge in [-0.05, 0) is 90.9 Å². The zero-order chi connectivity index (χ0) is 43.4. The zero-order valence-corrected chi connectivity index (χ0v) is 35.0. The Labute approximate surface area is 358 Å². The van der Waals surface area contributed by atoms with Gasteiger partial charge in [0, 0.05) is 46.4 Å². The van der Waals surface area contributed by atoms with Crippen LogP contribution in [0.1, 0.15) is 84.7 Å². The highest BCUT2D eigenvalue weighted by atomic mass is 16.6. The maximum absolute atomic E-state index is 14.0. The second-order valence-corrected chi connectivity index (χ2v) is 16.1. The molecule has 0 saturated carbocycles. The third-order valence-electron chi connectivity index (χ3n) is 12.4. The first kappa shape index (κ1) is 40.6. The number of aromatic nitrogens is 2. The van der Waals surface area contributed by atoms with Crippen molar-refractivity contribution in [3.8, 4) is 28.3 Å². The molecule has 2 atom stereocenters. The predicted octanol–water partition coefficient (Wildman–Crippen LogP) is 7.24. The zero-order valence-electron chi connectivity index (χ0n) is 35.0. The van der Waals surface area contributed by atoms with Crippen LogP contribution in [0.2, 0.25) is 0 Å². The lowest BCUT2D eigenvalue weighted by Crippen LogP contribution is -2.44. The number of nitrogens with two attached hydrogens (primary N) is 1. The summed E-state index contributed by atoms with van der Waals surface area (Å²) in [6, 6.07) is 28.1. The number of nitrogens with zero attached hydrogens (tertiary/aromatic N) is 3. The van der Waals surface area contributed by atoms with Gasteiger partial charge in [0.25, 0.3) is 5.56 Å². The molecule has 0 saturated heterocycles. The second-order valence-electron chi connectivity index (χ2n) is 16.1. The Morgan fingerprint density at radius 3 is 2.37 bits per heavy atom. The van der Waals surface area contributed by atoms with Crippen molar-refractivity contribution in [3.63, 3.8) is 0 Å². The molecular formula is C49H47N5O8. The molecule has 316 valence electrons. The van der Waals surface area contributed by atoms with Gasteiger partial charge < -0.3 is 39.8 Å². The second kappa shape index (κ2) is 15.9. The number of ether oxygens (including phenoxy) is 3. The van der Waals surface area contributed by atoms with Gasteiger partial charge in [-0.2, -0.15) is 0 Å². The Balaban J connectivity index is 1.000. The van der Waals surface area contributed by atoms with Crippen molar-refractivity contribution in [2.75, 3.05) is 11.9 Å². The van der Waals surface area contributed by atoms with Crippen molar-refractivity contribution in [2.45, 2.75) is 84.6 Å². The fourth-order valence-corrected chi connectivity index (χ4v) is 8.97. The average Bonchev–Trinajstić information content (AvgIpc) is 3.81. The highest BCUT2D eigenvalue weighted by molar-refractivity contribution is 5.94. The van der Waals surface area contributed by atoms with E-state index in [1.54, 1.807) is 35.4 Å². The van der Waals surface area contributed by atoms with E-state index in [9.17, 15) is 24.3 Å². The topological polar surface area (TPSA) is 175 Å². The van der Waals surface area contributed by atoms with Gasteiger partial charge in [-0.3, -0.25) is 9.59 Å². The van der Waals surface area contributed by atoms with Gasteiger partial charge in [-0.15, -0.1) is 0 Å². The molecule has 1 aliphatic carbocycles. The highest BCUT2D eigenvalue weighted by Gasteiger charge is 2.45. The number of benzene rings is 4. The van der Waals surface area contributed by atoms with Gasteiger partial charge in [0.15, 0.2) is 11.7 Å². The monoisotopic (exact) mass is 833 g/mol. The van der Waals surface area contributed by atoms with Gasteiger partial charge >= 0.3 is 12.1 Å².